The summed E-state index contributed by atoms with van der Waals surface area (Å²) < 4.78 is 2.04. The summed E-state index contributed by atoms with van der Waals surface area (Å²) in [5, 5.41) is 12.9. The Hall–Kier alpha value is -2.11. The maximum absolute atomic E-state index is 11.5. The lowest BCUT2D eigenvalue weighted by Gasteiger charge is -2.13. The molecule has 0 bridgehead atoms. The van der Waals surface area contributed by atoms with E-state index in [2.05, 4.69) is 13.8 Å². The van der Waals surface area contributed by atoms with E-state index in [0.29, 0.717) is 16.5 Å². The summed E-state index contributed by atoms with van der Waals surface area (Å²) in [6.07, 6.45) is 0. The van der Waals surface area contributed by atoms with Gasteiger partial charge in [-0.25, -0.2) is 9.78 Å². The molecule has 0 unspecified atom stereocenters. The number of carboxylic acids is 1. The second-order valence-corrected chi connectivity index (χ2v) is 7.62. The van der Waals surface area contributed by atoms with Crippen LogP contribution in [-0.4, -0.2) is 20.6 Å². The van der Waals surface area contributed by atoms with Gasteiger partial charge < -0.3 is 9.67 Å². The van der Waals surface area contributed by atoms with E-state index >= 15 is 0 Å². The zero-order valence-corrected chi connectivity index (χ0v) is 15.9. The topological polar surface area (TPSA) is 55.1 Å². The van der Waals surface area contributed by atoms with Crippen molar-refractivity contribution in [2.45, 2.75) is 27.3 Å². The first kappa shape index (κ1) is 17.7. The summed E-state index contributed by atoms with van der Waals surface area (Å²) in [4.78, 5) is 16.2. The molecule has 0 atom stereocenters. The van der Waals surface area contributed by atoms with Gasteiger partial charge in [0.1, 0.15) is 5.01 Å². The van der Waals surface area contributed by atoms with Gasteiger partial charge in [-0.2, -0.15) is 0 Å². The van der Waals surface area contributed by atoms with Crippen molar-refractivity contribution in [1.29, 1.82) is 0 Å². The summed E-state index contributed by atoms with van der Waals surface area (Å²) in [7, 11) is 0. The van der Waals surface area contributed by atoms with Crippen LogP contribution in [0.15, 0.2) is 35.7 Å². The number of aromatic carboxylic acids is 1. The molecule has 4 nitrogen and oxygen atoms in total. The number of carbonyl (C=O) groups is 1. The number of thiazole rings is 1. The molecule has 0 aliphatic carbocycles. The SMILES string of the molecule is Cc1c(C(=O)O)cc(-c2csc(-c3ccccc3Cl)n2)n1CC(C)C. The highest BCUT2D eigenvalue weighted by molar-refractivity contribution is 7.13. The molecule has 130 valence electrons. The molecular formula is C19H19ClN2O2S. The average molecular weight is 375 g/mol. The Balaban J connectivity index is 2.09. The molecule has 0 fully saturated rings. The maximum Gasteiger partial charge on any atom is 0.337 e. The molecule has 2 heterocycles. The Kier molecular flexibility index (Phi) is 4.97. The van der Waals surface area contributed by atoms with Gasteiger partial charge in [0.15, 0.2) is 0 Å². The predicted molar refractivity (Wildman–Crippen MR) is 103 cm³/mol. The number of benzene rings is 1. The first-order valence-corrected chi connectivity index (χ1v) is 9.28. The lowest BCUT2D eigenvalue weighted by Crippen LogP contribution is -2.09. The molecule has 1 N–H and O–H groups in total. The van der Waals surface area contributed by atoms with E-state index in [9.17, 15) is 9.90 Å². The molecule has 3 aromatic rings. The number of hydrogen-bond acceptors (Lipinski definition) is 3. The van der Waals surface area contributed by atoms with Gasteiger partial charge in [-0.05, 0) is 25.0 Å². The zero-order chi connectivity index (χ0) is 18.1. The average Bonchev–Trinajstić information content (AvgIpc) is 3.13. The fourth-order valence-electron chi connectivity index (χ4n) is 2.82. The van der Waals surface area contributed by atoms with Crippen LogP contribution in [0.4, 0.5) is 0 Å². The molecule has 0 saturated heterocycles. The van der Waals surface area contributed by atoms with E-state index in [1.165, 1.54) is 11.3 Å². The number of carboxylic acid groups (broad SMARTS) is 1. The quantitative estimate of drug-likeness (QED) is 0.632. The number of hydrogen-bond donors (Lipinski definition) is 1. The van der Waals surface area contributed by atoms with Crippen molar-refractivity contribution in [2.75, 3.05) is 0 Å². The van der Waals surface area contributed by atoms with E-state index in [1.807, 2.05) is 41.1 Å². The normalized spacial score (nSPS) is 11.2. The molecule has 0 amide bonds. The minimum Gasteiger partial charge on any atom is -0.478 e. The first-order valence-electron chi connectivity index (χ1n) is 8.02. The molecule has 0 aliphatic heterocycles. The standard InChI is InChI=1S/C19H19ClN2O2S/c1-11(2)9-22-12(3)14(19(23)24)8-17(22)16-10-25-18(21-16)13-6-4-5-7-15(13)20/h4-8,10-11H,9H2,1-3H3,(H,23,24). The van der Waals surface area contributed by atoms with Gasteiger partial charge in [-0.3, -0.25) is 0 Å². The van der Waals surface area contributed by atoms with Gasteiger partial charge in [0.05, 0.1) is 22.0 Å². The molecule has 25 heavy (non-hydrogen) atoms. The van der Waals surface area contributed by atoms with Gasteiger partial charge in [0.2, 0.25) is 0 Å². The van der Waals surface area contributed by atoms with Crippen LogP contribution < -0.4 is 0 Å². The van der Waals surface area contributed by atoms with Crippen LogP contribution in [0, 0.1) is 12.8 Å². The minimum atomic E-state index is -0.914. The van der Waals surface area contributed by atoms with Crippen LogP contribution in [0.5, 0.6) is 0 Å². The van der Waals surface area contributed by atoms with Gasteiger partial charge in [0.25, 0.3) is 0 Å². The Morgan fingerprint density at radius 2 is 2.08 bits per heavy atom. The molecule has 3 rings (SSSR count). The Morgan fingerprint density at radius 1 is 1.36 bits per heavy atom. The molecule has 0 spiro atoms. The lowest BCUT2D eigenvalue weighted by molar-refractivity contribution is 0.0696. The van der Waals surface area contributed by atoms with Crippen LogP contribution >= 0.6 is 22.9 Å². The number of aromatic nitrogens is 2. The van der Waals surface area contributed by atoms with Crippen molar-refractivity contribution in [1.82, 2.24) is 9.55 Å². The largest absolute Gasteiger partial charge is 0.478 e. The molecule has 0 aliphatic rings. The third-order valence-corrected chi connectivity index (χ3v) is 5.22. The van der Waals surface area contributed by atoms with Crippen molar-refractivity contribution < 1.29 is 9.90 Å². The van der Waals surface area contributed by atoms with Crippen LogP contribution in [0.1, 0.15) is 29.9 Å². The fourth-order valence-corrected chi connectivity index (χ4v) is 3.96. The number of nitrogens with zero attached hydrogens (tertiary/aromatic N) is 2. The monoisotopic (exact) mass is 374 g/mol. The van der Waals surface area contributed by atoms with Crippen LogP contribution in [-0.2, 0) is 6.54 Å². The molecule has 2 aromatic heterocycles. The van der Waals surface area contributed by atoms with Crippen LogP contribution in [0.25, 0.3) is 22.0 Å². The third-order valence-electron chi connectivity index (χ3n) is 4.02. The highest BCUT2D eigenvalue weighted by Gasteiger charge is 2.20. The molecule has 0 radical (unpaired) electrons. The highest BCUT2D eigenvalue weighted by atomic mass is 35.5. The highest BCUT2D eigenvalue weighted by Crippen LogP contribution is 2.34. The second kappa shape index (κ2) is 7.02. The smallest absolute Gasteiger partial charge is 0.337 e. The Labute approximate surface area is 155 Å². The fraction of sp³-hybridized carbons (Fsp3) is 0.263. The second-order valence-electron chi connectivity index (χ2n) is 6.36. The molecule has 0 saturated carbocycles. The predicted octanol–water partition coefficient (Wildman–Crippen LogP) is 5.59. The van der Waals surface area contributed by atoms with E-state index in [0.717, 1.165) is 34.2 Å². The van der Waals surface area contributed by atoms with Gasteiger partial charge >= 0.3 is 5.97 Å². The van der Waals surface area contributed by atoms with Crippen LogP contribution in [0.2, 0.25) is 5.02 Å². The molecule has 6 heteroatoms. The maximum atomic E-state index is 11.5. The lowest BCUT2D eigenvalue weighted by atomic mass is 10.2. The van der Waals surface area contributed by atoms with Crippen molar-refractivity contribution >= 4 is 28.9 Å². The van der Waals surface area contributed by atoms with Crippen molar-refractivity contribution in [2.24, 2.45) is 5.92 Å². The van der Waals surface area contributed by atoms with E-state index < -0.39 is 5.97 Å². The molecule has 1 aromatic carbocycles. The molecular weight excluding hydrogens is 356 g/mol. The number of halogens is 1. The summed E-state index contributed by atoms with van der Waals surface area (Å²) in [6, 6.07) is 9.30. The Morgan fingerprint density at radius 3 is 2.72 bits per heavy atom. The van der Waals surface area contributed by atoms with E-state index in [-0.39, 0.29) is 0 Å². The van der Waals surface area contributed by atoms with E-state index in [1.54, 1.807) is 6.07 Å². The minimum absolute atomic E-state index is 0.322. The third kappa shape index (κ3) is 3.48. The van der Waals surface area contributed by atoms with Gasteiger partial charge in [0, 0.05) is 23.2 Å². The summed E-state index contributed by atoms with van der Waals surface area (Å²) >= 11 is 7.78. The summed E-state index contributed by atoms with van der Waals surface area (Å²) in [5.74, 6) is -0.518. The number of rotatable bonds is 5. The van der Waals surface area contributed by atoms with Crippen molar-refractivity contribution in [3.63, 3.8) is 0 Å². The Bertz CT molecular complexity index is 927. The first-order chi connectivity index (χ1) is 11.9. The summed E-state index contributed by atoms with van der Waals surface area (Å²) in [5.41, 5.74) is 3.57. The zero-order valence-electron chi connectivity index (χ0n) is 14.3. The summed E-state index contributed by atoms with van der Waals surface area (Å²) in [6.45, 7) is 6.81. The van der Waals surface area contributed by atoms with Gasteiger partial charge in [-0.15, -0.1) is 11.3 Å². The van der Waals surface area contributed by atoms with Crippen molar-refractivity contribution in [3.05, 3.63) is 52.0 Å². The van der Waals surface area contributed by atoms with E-state index in [4.69, 9.17) is 16.6 Å². The van der Waals surface area contributed by atoms with Crippen LogP contribution in [0.3, 0.4) is 0 Å². The van der Waals surface area contributed by atoms with Gasteiger partial charge in [-0.1, -0.05) is 43.6 Å². The van der Waals surface area contributed by atoms with Crippen molar-refractivity contribution in [3.8, 4) is 22.0 Å².